The Labute approximate surface area is 105 Å². The zero-order valence-corrected chi connectivity index (χ0v) is 10.8. The van der Waals surface area contributed by atoms with E-state index in [1.165, 1.54) is 11.3 Å². The van der Waals surface area contributed by atoms with Crippen LogP contribution < -0.4 is 11.1 Å². The van der Waals surface area contributed by atoms with Crippen LogP contribution >= 0.6 is 11.3 Å². The summed E-state index contributed by atoms with van der Waals surface area (Å²) in [7, 11) is 1.76. The molecule has 1 aromatic rings. The topological polar surface area (TPSA) is 75.4 Å². The summed E-state index contributed by atoms with van der Waals surface area (Å²) in [6.45, 7) is 3.50. The van der Waals surface area contributed by atoms with Crippen molar-refractivity contribution in [3.05, 3.63) is 21.9 Å². The van der Waals surface area contributed by atoms with E-state index in [2.05, 4.69) is 5.32 Å². The van der Waals surface area contributed by atoms with Gasteiger partial charge in [0, 0.05) is 30.4 Å². The maximum atomic E-state index is 11.5. The number of nitrogens with zero attached hydrogens (tertiary/aromatic N) is 1. The number of rotatable bonds is 6. The molecule has 6 heteroatoms. The van der Waals surface area contributed by atoms with Crippen molar-refractivity contribution < 1.29 is 9.59 Å². The van der Waals surface area contributed by atoms with Crippen LogP contribution in [-0.4, -0.2) is 36.9 Å². The molecule has 1 rings (SSSR count). The lowest BCUT2D eigenvalue weighted by molar-refractivity contribution is -0.128. The van der Waals surface area contributed by atoms with Gasteiger partial charge in [0.05, 0.1) is 12.1 Å². The van der Waals surface area contributed by atoms with Gasteiger partial charge in [-0.2, -0.15) is 0 Å². The molecule has 0 spiro atoms. The third-order valence-electron chi connectivity index (χ3n) is 2.41. The first-order chi connectivity index (χ1) is 8.04. The highest BCUT2D eigenvalue weighted by Gasteiger charge is 2.07. The van der Waals surface area contributed by atoms with Gasteiger partial charge < -0.3 is 16.0 Å². The van der Waals surface area contributed by atoms with Crippen molar-refractivity contribution in [2.75, 3.05) is 20.1 Å². The van der Waals surface area contributed by atoms with Crippen molar-refractivity contribution in [3.63, 3.8) is 0 Å². The Morgan fingerprint density at radius 3 is 2.76 bits per heavy atom. The largest absolute Gasteiger partial charge is 0.366 e. The Morgan fingerprint density at radius 2 is 2.24 bits per heavy atom. The Bertz CT molecular complexity index is 403. The average molecular weight is 255 g/mol. The van der Waals surface area contributed by atoms with Crippen molar-refractivity contribution >= 4 is 23.2 Å². The molecule has 0 aromatic carbocycles. The quantitative estimate of drug-likeness (QED) is 0.773. The van der Waals surface area contributed by atoms with Crippen molar-refractivity contribution in [1.29, 1.82) is 0 Å². The number of carbonyl (C=O) groups is 2. The van der Waals surface area contributed by atoms with E-state index in [4.69, 9.17) is 5.73 Å². The maximum absolute atomic E-state index is 11.5. The van der Waals surface area contributed by atoms with Gasteiger partial charge in [-0.25, -0.2) is 0 Å². The molecule has 1 heterocycles. The SMILES string of the molecule is CCN(C)C(=O)CNCc1cc(C(N)=O)cs1. The maximum Gasteiger partial charge on any atom is 0.249 e. The van der Waals surface area contributed by atoms with Crippen LogP contribution in [0.15, 0.2) is 11.4 Å². The van der Waals surface area contributed by atoms with Gasteiger partial charge in [-0.1, -0.05) is 0 Å². The fraction of sp³-hybridized carbons (Fsp3) is 0.455. The summed E-state index contributed by atoms with van der Waals surface area (Å²) in [5.74, 6) is -0.367. The molecule has 5 nitrogen and oxygen atoms in total. The van der Waals surface area contributed by atoms with Crippen LogP contribution in [0.25, 0.3) is 0 Å². The standard InChI is InChI=1S/C11H17N3O2S/c1-3-14(2)10(15)6-13-5-9-4-8(7-17-9)11(12)16/h4,7,13H,3,5-6H2,1-2H3,(H2,12,16). The molecule has 0 unspecified atom stereocenters. The van der Waals surface area contributed by atoms with Crippen LogP contribution in [0, 0.1) is 0 Å². The fourth-order valence-electron chi connectivity index (χ4n) is 1.21. The number of hydrogen-bond acceptors (Lipinski definition) is 4. The molecule has 3 N–H and O–H groups in total. The van der Waals surface area contributed by atoms with Crippen LogP contribution in [-0.2, 0) is 11.3 Å². The van der Waals surface area contributed by atoms with Crippen LogP contribution in [0.5, 0.6) is 0 Å². The summed E-state index contributed by atoms with van der Waals surface area (Å²) < 4.78 is 0. The predicted octanol–water partition coefficient (Wildman–Crippen LogP) is 0.415. The van der Waals surface area contributed by atoms with Crippen LogP contribution in [0.3, 0.4) is 0 Å². The van der Waals surface area contributed by atoms with Crippen molar-refractivity contribution in [1.82, 2.24) is 10.2 Å². The van der Waals surface area contributed by atoms with E-state index in [9.17, 15) is 9.59 Å². The van der Waals surface area contributed by atoms with E-state index >= 15 is 0 Å². The van der Waals surface area contributed by atoms with Gasteiger partial charge in [-0.15, -0.1) is 11.3 Å². The lowest BCUT2D eigenvalue weighted by atomic mass is 10.3. The number of thiophene rings is 1. The summed E-state index contributed by atoms with van der Waals surface area (Å²) in [4.78, 5) is 25.0. The third kappa shape index (κ3) is 4.16. The molecule has 0 saturated carbocycles. The summed E-state index contributed by atoms with van der Waals surface area (Å²) in [5.41, 5.74) is 5.67. The number of primary amides is 1. The molecule has 0 fully saturated rings. The minimum Gasteiger partial charge on any atom is -0.366 e. The zero-order valence-electron chi connectivity index (χ0n) is 10.0. The van der Waals surface area contributed by atoms with Gasteiger partial charge in [0.2, 0.25) is 11.8 Å². The van der Waals surface area contributed by atoms with E-state index in [1.807, 2.05) is 6.92 Å². The van der Waals surface area contributed by atoms with Crippen molar-refractivity contribution in [2.45, 2.75) is 13.5 Å². The monoisotopic (exact) mass is 255 g/mol. The molecular weight excluding hydrogens is 238 g/mol. The lowest BCUT2D eigenvalue weighted by Gasteiger charge is -2.14. The van der Waals surface area contributed by atoms with E-state index in [0.29, 0.717) is 25.2 Å². The Hall–Kier alpha value is -1.40. The molecule has 94 valence electrons. The van der Waals surface area contributed by atoms with Gasteiger partial charge in [0.25, 0.3) is 0 Å². The summed E-state index contributed by atoms with van der Waals surface area (Å²) in [5, 5.41) is 4.76. The van der Waals surface area contributed by atoms with Crippen molar-refractivity contribution in [2.24, 2.45) is 5.73 Å². The second-order valence-electron chi connectivity index (χ2n) is 3.68. The van der Waals surface area contributed by atoms with E-state index in [0.717, 1.165) is 4.88 Å². The first kappa shape index (κ1) is 13.7. The predicted molar refractivity (Wildman–Crippen MR) is 67.9 cm³/mol. The molecule has 0 atom stereocenters. The van der Waals surface area contributed by atoms with E-state index in [-0.39, 0.29) is 5.91 Å². The average Bonchev–Trinajstić information content (AvgIpc) is 2.76. The number of nitrogens with two attached hydrogens (primary N) is 1. The summed E-state index contributed by atoms with van der Waals surface area (Å²) in [6.07, 6.45) is 0. The molecule has 0 aliphatic rings. The summed E-state index contributed by atoms with van der Waals surface area (Å²) in [6, 6.07) is 1.74. The Balaban J connectivity index is 2.35. The molecule has 0 aliphatic carbocycles. The number of amides is 2. The fourth-order valence-corrected chi connectivity index (χ4v) is 2.05. The first-order valence-corrected chi connectivity index (χ1v) is 6.24. The van der Waals surface area contributed by atoms with E-state index < -0.39 is 5.91 Å². The third-order valence-corrected chi connectivity index (χ3v) is 3.35. The molecule has 0 saturated heterocycles. The van der Waals surface area contributed by atoms with Gasteiger partial charge in [-0.3, -0.25) is 9.59 Å². The second-order valence-corrected chi connectivity index (χ2v) is 4.67. The van der Waals surface area contributed by atoms with Gasteiger partial charge in [0.1, 0.15) is 0 Å². The molecule has 0 radical (unpaired) electrons. The number of carbonyl (C=O) groups excluding carboxylic acids is 2. The smallest absolute Gasteiger partial charge is 0.249 e. The molecular formula is C11H17N3O2S. The first-order valence-electron chi connectivity index (χ1n) is 5.36. The van der Waals surface area contributed by atoms with Crippen LogP contribution in [0.2, 0.25) is 0 Å². The van der Waals surface area contributed by atoms with E-state index in [1.54, 1.807) is 23.4 Å². The highest BCUT2D eigenvalue weighted by Crippen LogP contribution is 2.13. The highest BCUT2D eigenvalue weighted by molar-refractivity contribution is 7.10. The summed E-state index contributed by atoms with van der Waals surface area (Å²) >= 11 is 1.46. The lowest BCUT2D eigenvalue weighted by Crippen LogP contribution is -2.34. The minimum absolute atomic E-state index is 0.0548. The molecule has 0 bridgehead atoms. The second kappa shape index (κ2) is 6.36. The molecule has 17 heavy (non-hydrogen) atoms. The minimum atomic E-state index is -0.422. The van der Waals surface area contributed by atoms with Crippen molar-refractivity contribution in [3.8, 4) is 0 Å². The van der Waals surface area contributed by atoms with Gasteiger partial charge in [0.15, 0.2) is 0 Å². The Kier molecular flexibility index (Phi) is 5.11. The normalized spacial score (nSPS) is 10.2. The number of nitrogens with one attached hydrogen (secondary N) is 1. The zero-order chi connectivity index (χ0) is 12.8. The van der Waals surface area contributed by atoms with Crippen LogP contribution in [0.1, 0.15) is 22.2 Å². The number of likely N-dealkylation sites (N-methyl/N-ethyl adjacent to an activating group) is 1. The van der Waals surface area contributed by atoms with Gasteiger partial charge >= 0.3 is 0 Å². The molecule has 2 amide bonds. The van der Waals surface area contributed by atoms with Crippen LogP contribution in [0.4, 0.5) is 0 Å². The Morgan fingerprint density at radius 1 is 1.53 bits per heavy atom. The van der Waals surface area contributed by atoms with Gasteiger partial charge in [-0.05, 0) is 13.0 Å². The molecule has 1 aromatic heterocycles. The highest BCUT2D eigenvalue weighted by atomic mass is 32.1. The number of hydrogen-bond donors (Lipinski definition) is 2. The molecule has 0 aliphatic heterocycles.